The zero-order valence-electron chi connectivity index (χ0n) is 17.3. The predicted molar refractivity (Wildman–Crippen MR) is 129 cm³/mol. The number of benzene rings is 5. The van der Waals surface area contributed by atoms with Crippen LogP contribution in [0.2, 0.25) is 0 Å². The molecule has 0 unspecified atom stereocenters. The number of rotatable bonds is 7. The number of nitrogen functional groups attached to an aromatic ring is 1. The van der Waals surface area contributed by atoms with Crippen molar-refractivity contribution < 1.29 is 0 Å². The Morgan fingerprint density at radius 1 is 0.586 bits per heavy atom. The fourth-order valence-electron chi connectivity index (χ4n) is 5.12. The highest BCUT2D eigenvalue weighted by atomic mass is 14.5. The van der Waals surface area contributed by atoms with Gasteiger partial charge in [0.15, 0.2) is 0 Å². The monoisotopic (exact) mass is 379 g/mol. The lowest BCUT2D eigenvalue weighted by molar-refractivity contribution is 0.608. The second kappa shape index (κ2) is 7.55. The summed E-state index contributed by atoms with van der Waals surface area (Å²) >= 11 is 0. The second-order valence-corrected chi connectivity index (χ2v) is 8.45. The van der Waals surface area contributed by atoms with Crippen LogP contribution in [0.3, 0.4) is 0 Å². The Morgan fingerprint density at radius 2 is 1.31 bits per heavy atom. The first kappa shape index (κ1) is 18.2. The predicted octanol–water partition coefficient (Wildman–Crippen LogP) is 8.22. The number of unbranched alkanes of at least 4 members (excludes halogenated alkanes) is 5. The highest BCUT2D eigenvalue weighted by Crippen LogP contribution is 2.43. The first-order valence-corrected chi connectivity index (χ1v) is 11.2. The van der Waals surface area contributed by atoms with Gasteiger partial charge >= 0.3 is 0 Å². The van der Waals surface area contributed by atoms with Gasteiger partial charge in [-0.25, -0.2) is 0 Å². The number of aryl methyl sites for hydroxylation is 1. The maximum Gasteiger partial charge on any atom is 0.0394 e. The molecule has 0 atom stereocenters. The molecule has 29 heavy (non-hydrogen) atoms. The molecule has 1 heteroatoms. The van der Waals surface area contributed by atoms with Crippen LogP contribution in [0.4, 0.5) is 5.69 Å². The number of anilines is 1. The summed E-state index contributed by atoms with van der Waals surface area (Å²) < 4.78 is 0. The Labute approximate surface area is 172 Å². The van der Waals surface area contributed by atoms with Crippen molar-refractivity contribution in [2.24, 2.45) is 0 Å². The van der Waals surface area contributed by atoms with Crippen molar-refractivity contribution >= 4 is 48.8 Å². The molecule has 0 amide bonds. The summed E-state index contributed by atoms with van der Waals surface area (Å²) in [5.41, 5.74) is 8.72. The van der Waals surface area contributed by atoms with Gasteiger partial charge in [-0.05, 0) is 62.2 Å². The summed E-state index contributed by atoms with van der Waals surface area (Å²) in [6, 6.07) is 22.3. The standard InChI is InChI=1S/C28H29N/c1-2-3-4-5-6-7-10-19-15-16-20-11-8-12-21-22-17-18-25(29)23-13-9-14-24(28(22)23)27(19)26(20)21/h8-9,11-18H,2-7,10,29H2,1H3. The van der Waals surface area contributed by atoms with Crippen molar-refractivity contribution in [2.75, 3.05) is 5.73 Å². The Bertz CT molecular complexity index is 1300. The topological polar surface area (TPSA) is 26.0 Å². The lowest BCUT2D eigenvalue weighted by Crippen LogP contribution is -1.94. The minimum absolute atomic E-state index is 0.870. The molecule has 0 aliphatic rings. The third-order valence-electron chi connectivity index (χ3n) is 6.57. The van der Waals surface area contributed by atoms with Gasteiger partial charge in [0, 0.05) is 11.1 Å². The molecule has 0 heterocycles. The maximum absolute atomic E-state index is 6.37. The van der Waals surface area contributed by atoms with Crippen LogP contribution in [0.25, 0.3) is 43.1 Å². The van der Waals surface area contributed by atoms with Crippen LogP contribution in [0.1, 0.15) is 51.0 Å². The molecular formula is C28H29N. The minimum Gasteiger partial charge on any atom is -0.398 e. The second-order valence-electron chi connectivity index (χ2n) is 8.45. The van der Waals surface area contributed by atoms with Gasteiger partial charge in [-0.2, -0.15) is 0 Å². The van der Waals surface area contributed by atoms with Crippen LogP contribution in [0.15, 0.2) is 60.7 Å². The van der Waals surface area contributed by atoms with E-state index >= 15 is 0 Å². The van der Waals surface area contributed by atoms with E-state index in [2.05, 4.69) is 67.6 Å². The van der Waals surface area contributed by atoms with Gasteiger partial charge < -0.3 is 5.73 Å². The molecule has 5 rings (SSSR count). The molecule has 0 fully saturated rings. The summed E-state index contributed by atoms with van der Waals surface area (Å²) in [6.07, 6.45) is 9.15. The van der Waals surface area contributed by atoms with Crippen LogP contribution < -0.4 is 5.73 Å². The fraction of sp³-hybridized carbons (Fsp3) is 0.286. The number of hydrogen-bond donors (Lipinski definition) is 1. The Balaban J connectivity index is 1.71. The summed E-state index contributed by atoms with van der Waals surface area (Å²) in [6.45, 7) is 2.28. The van der Waals surface area contributed by atoms with E-state index in [1.165, 1.54) is 87.2 Å². The van der Waals surface area contributed by atoms with Crippen molar-refractivity contribution in [1.82, 2.24) is 0 Å². The molecule has 0 aliphatic heterocycles. The molecule has 0 radical (unpaired) electrons. The smallest absolute Gasteiger partial charge is 0.0394 e. The Hall–Kier alpha value is -2.80. The molecular weight excluding hydrogens is 350 g/mol. The highest BCUT2D eigenvalue weighted by Gasteiger charge is 2.16. The minimum atomic E-state index is 0.870. The number of fused-ring (bicyclic) bond motifs is 2. The van der Waals surface area contributed by atoms with E-state index in [1.54, 1.807) is 0 Å². The van der Waals surface area contributed by atoms with Gasteiger partial charge in [0.1, 0.15) is 0 Å². The maximum atomic E-state index is 6.37. The fourth-order valence-corrected chi connectivity index (χ4v) is 5.12. The first-order valence-electron chi connectivity index (χ1n) is 11.2. The Morgan fingerprint density at radius 3 is 2.21 bits per heavy atom. The molecule has 0 saturated heterocycles. The first-order chi connectivity index (χ1) is 14.3. The van der Waals surface area contributed by atoms with E-state index in [9.17, 15) is 0 Å². The molecule has 0 bridgehead atoms. The molecule has 0 spiro atoms. The summed E-state index contributed by atoms with van der Waals surface area (Å²) in [5.74, 6) is 0. The Kier molecular flexibility index (Phi) is 4.75. The van der Waals surface area contributed by atoms with Gasteiger partial charge in [0.25, 0.3) is 0 Å². The average molecular weight is 380 g/mol. The zero-order valence-corrected chi connectivity index (χ0v) is 17.3. The normalized spacial score (nSPS) is 12.0. The van der Waals surface area contributed by atoms with Crippen molar-refractivity contribution in [1.29, 1.82) is 0 Å². The van der Waals surface area contributed by atoms with E-state index in [0.717, 1.165) is 12.1 Å². The summed E-state index contributed by atoms with van der Waals surface area (Å²) in [5, 5.41) is 10.7. The molecule has 0 saturated carbocycles. The molecule has 1 nitrogen and oxygen atoms in total. The van der Waals surface area contributed by atoms with Crippen molar-refractivity contribution in [3.8, 4) is 0 Å². The van der Waals surface area contributed by atoms with Crippen LogP contribution in [0, 0.1) is 0 Å². The van der Waals surface area contributed by atoms with Gasteiger partial charge in [-0.3, -0.25) is 0 Å². The van der Waals surface area contributed by atoms with Crippen LogP contribution in [-0.4, -0.2) is 0 Å². The van der Waals surface area contributed by atoms with Crippen molar-refractivity contribution in [3.63, 3.8) is 0 Å². The molecule has 5 aromatic rings. The molecule has 5 aromatic carbocycles. The number of nitrogens with two attached hydrogens (primary N) is 1. The van der Waals surface area contributed by atoms with Gasteiger partial charge in [-0.1, -0.05) is 93.6 Å². The highest BCUT2D eigenvalue weighted by molar-refractivity contribution is 6.34. The van der Waals surface area contributed by atoms with E-state index < -0.39 is 0 Å². The third kappa shape index (κ3) is 3.00. The van der Waals surface area contributed by atoms with Gasteiger partial charge in [0.05, 0.1) is 0 Å². The zero-order chi connectivity index (χ0) is 19.8. The van der Waals surface area contributed by atoms with E-state index in [4.69, 9.17) is 5.73 Å². The summed E-state index contributed by atoms with van der Waals surface area (Å²) in [7, 11) is 0. The van der Waals surface area contributed by atoms with E-state index in [-0.39, 0.29) is 0 Å². The van der Waals surface area contributed by atoms with E-state index in [1.807, 2.05) is 0 Å². The third-order valence-corrected chi connectivity index (χ3v) is 6.57. The van der Waals surface area contributed by atoms with Crippen LogP contribution in [0.5, 0.6) is 0 Å². The largest absolute Gasteiger partial charge is 0.398 e. The van der Waals surface area contributed by atoms with Gasteiger partial charge in [-0.15, -0.1) is 0 Å². The SMILES string of the molecule is CCCCCCCCc1ccc2cccc3c4ccc(N)c5cccc(c1c23)c54. The number of hydrogen-bond acceptors (Lipinski definition) is 1. The summed E-state index contributed by atoms with van der Waals surface area (Å²) in [4.78, 5) is 0. The quantitative estimate of drug-likeness (QED) is 0.131. The lowest BCUT2D eigenvalue weighted by Gasteiger charge is -2.18. The molecule has 2 N–H and O–H groups in total. The van der Waals surface area contributed by atoms with Crippen LogP contribution in [-0.2, 0) is 6.42 Å². The molecule has 146 valence electrons. The van der Waals surface area contributed by atoms with Crippen LogP contribution >= 0.6 is 0 Å². The lowest BCUT2D eigenvalue weighted by atomic mass is 9.86. The van der Waals surface area contributed by atoms with Gasteiger partial charge in [0.2, 0.25) is 0 Å². The molecule has 0 aliphatic carbocycles. The van der Waals surface area contributed by atoms with Crippen molar-refractivity contribution in [2.45, 2.75) is 51.9 Å². The van der Waals surface area contributed by atoms with E-state index in [0.29, 0.717) is 0 Å². The van der Waals surface area contributed by atoms with Crippen molar-refractivity contribution in [3.05, 3.63) is 66.2 Å². The molecule has 0 aromatic heterocycles. The average Bonchev–Trinajstić information content (AvgIpc) is 2.76.